The van der Waals surface area contributed by atoms with Gasteiger partial charge in [-0.3, -0.25) is 4.98 Å². The van der Waals surface area contributed by atoms with E-state index in [-0.39, 0.29) is 18.5 Å². The van der Waals surface area contributed by atoms with Crippen LogP contribution < -0.4 is 5.32 Å². The van der Waals surface area contributed by atoms with E-state index in [1.807, 2.05) is 56.3 Å². The maximum absolute atomic E-state index is 13.4. The molecule has 0 bridgehead atoms. The number of sulfonamides is 1. The molecule has 0 fully saturated rings. The van der Waals surface area contributed by atoms with Crippen LogP contribution in [0.4, 0.5) is 11.5 Å². The lowest BCUT2D eigenvalue weighted by Gasteiger charge is -2.19. The first kappa shape index (κ1) is 20.5. The van der Waals surface area contributed by atoms with Crippen LogP contribution in [-0.2, 0) is 23.1 Å². The second-order valence-corrected chi connectivity index (χ2v) is 10.5. The van der Waals surface area contributed by atoms with Gasteiger partial charge in [0.15, 0.2) is 0 Å². The standard InChI is InChI=1S/C24H23N5O2S/c1-24(2)10-6-5-8-19(12-24)32(30,31)29-14-20-22(15-29)26-16-27-23(20)28-18-11-17-7-3-4-9-21(17)25-13-18/h3-13,16H,14-15H2,1-2H3,(H,26,27,28). The van der Waals surface area contributed by atoms with Gasteiger partial charge in [-0.25, -0.2) is 18.4 Å². The summed E-state index contributed by atoms with van der Waals surface area (Å²) < 4.78 is 28.3. The third-order valence-electron chi connectivity index (χ3n) is 5.60. The van der Waals surface area contributed by atoms with Gasteiger partial charge in [0.1, 0.15) is 12.1 Å². The van der Waals surface area contributed by atoms with Gasteiger partial charge in [-0.15, -0.1) is 0 Å². The Labute approximate surface area is 187 Å². The first-order valence-corrected chi connectivity index (χ1v) is 11.8. The van der Waals surface area contributed by atoms with Gasteiger partial charge < -0.3 is 5.32 Å². The second kappa shape index (κ2) is 7.65. The number of aromatic nitrogens is 3. The monoisotopic (exact) mass is 445 g/mol. The van der Waals surface area contributed by atoms with Crippen molar-refractivity contribution in [3.63, 3.8) is 0 Å². The molecule has 0 unspecified atom stereocenters. The molecule has 1 aliphatic carbocycles. The molecule has 0 spiro atoms. The SMILES string of the molecule is CC1(C)C=CC=CC(S(=O)(=O)N2Cc3ncnc(Nc4cnc5ccccc5c4)c3C2)=C1. The van der Waals surface area contributed by atoms with Gasteiger partial charge >= 0.3 is 0 Å². The average molecular weight is 446 g/mol. The molecular weight excluding hydrogens is 422 g/mol. The Hall–Kier alpha value is -3.36. The Balaban J connectivity index is 1.44. The number of rotatable bonds is 4. The molecule has 162 valence electrons. The van der Waals surface area contributed by atoms with E-state index in [2.05, 4.69) is 20.3 Å². The predicted molar refractivity (Wildman–Crippen MR) is 125 cm³/mol. The number of anilines is 2. The molecule has 0 radical (unpaired) electrons. The van der Waals surface area contributed by atoms with Crippen molar-refractivity contribution in [1.82, 2.24) is 19.3 Å². The van der Waals surface area contributed by atoms with Gasteiger partial charge in [0.05, 0.1) is 34.5 Å². The Morgan fingerprint density at radius 3 is 2.78 bits per heavy atom. The van der Waals surface area contributed by atoms with Crippen LogP contribution >= 0.6 is 0 Å². The second-order valence-electron chi connectivity index (χ2n) is 8.55. The molecule has 1 aromatic carbocycles. The first-order valence-electron chi connectivity index (χ1n) is 10.4. The number of fused-ring (bicyclic) bond motifs is 2. The van der Waals surface area contributed by atoms with E-state index in [4.69, 9.17) is 0 Å². The van der Waals surface area contributed by atoms with Crippen LogP contribution in [0.15, 0.2) is 78.1 Å². The Kier molecular flexibility index (Phi) is 4.91. The molecule has 2 aliphatic rings. The number of pyridine rings is 1. The van der Waals surface area contributed by atoms with Gasteiger partial charge in [-0.1, -0.05) is 56.4 Å². The molecule has 0 atom stereocenters. The normalized spacial score (nSPS) is 17.8. The van der Waals surface area contributed by atoms with Crippen molar-refractivity contribution in [2.45, 2.75) is 26.9 Å². The van der Waals surface area contributed by atoms with Crippen LogP contribution in [0.5, 0.6) is 0 Å². The smallest absolute Gasteiger partial charge is 0.243 e. The highest BCUT2D eigenvalue weighted by molar-refractivity contribution is 7.93. The molecule has 3 heterocycles. The van der Waals surface area contributed by atoms with Crippen molar-refractivity contribution in [2.75, 3.05) is 5.32 Å². The number of nitrogens with zero attached hydrogens (tertiary/aromatic N) is 4. The molecule has 5 rings (SSSR count). The zero-order chi connectivity index (χ0) is 22.3. The van der Waals surface area contributed by atoms with Gasteiger partial charge in [0, 0.05) is 22.9 Å². The molecule has 1 N–H and O–H groups in total. The van der Waals surface area contributed by atoms with Crippen molar-refractivity contribution in [1.29, 1.82) is 0 Å². The number of hydrogen-bond acceptors (Lipinski definition) is 6. The van der Waals surface area contributed by atoms with E-state index in [0.717, 1.165) is 22.2 Å². The molecule has 8 heteroatoms. The minimum absolute atomic E-state index is 0.209. The number of benzene rings is 1. The van der Waals surface area contributed by atoms with E-state index in [9.17, 15) is 8.42 Å². The molecule has 7 nitrogen and oxygen atoms in total. The fraction of sp³-hybridized carbons (Fsp3) is 0.208. The molecule has 1 aliphatic heterocycles. The molecule has 0 saturated heterocycles. The summed E-state index contributed by atoms with van der Waals surface area (Å²) in [5, 5.41) is 4.31. The van der Waals surface area contributed by atoms with Crippen molar-refractivity contribution in [3.8, 4) is 0 Å². The molecule has 32 heavy (non-hydrogen) atoms. The summed E-state index contributed by atoms with van der Waals surface area (Å²) >= 11 is 0. The van der Waals surface area contributed by atoms with Crippen LogP contribution in [0.2, 0.25) is 0 Å². The van der Waals surface area contributed by atoms with E-state index in [1.54, 1.807) is 24.4 Å². The maximum atomic E-state index is 13.4. The number of nitrogens with one attached hydrogen (secondary N) is 1. The minimum Gasteiger partial charge on any atom is -0.339 e. The number of hydrogen-bond donors (Lipinski definition) is 1. The zero-order valence-electron chi connectivity index (χ0n) is 17.9. The highest BCUT2D eigenvalue weighted by atomic mass is 32.2. The van der Waals surface area contributed by atoms with E-state index < -0.39 is 10.0 Å². The fourth-order valence-electron chi connectivity index (χ4n) is 3.93. The molecule has 3 aromatic rings. The van der Waals surface area contributed by atoms with E-state index >= 15 is 0 Å². The van der Waals surface area contributed by atoms with Crippen molar-refractivity contribution in [3.05, 3.63) is 89.4 Å². The largest absolute Gasteiger partial charge is 0.339 e. The van der Waals surface area contributed by atoms with Crippen LogP contribution in [0.1, 0.15) is 25.1 Å². The van der Waals surface area contributed by atoms with Gasteiger partial charge in [0.25, 0.3) is 0 Å². The highest BCUT2D eigenvalue weighted by Gasteiger charge is 2.35. The van der Waals surface area contributed by atoms with Crippen LogP contribution in [-0.4, -0.2) is 27.7 Å². The lowest BCUT2D eigenvalue weighted by atomic mass is 9.93. The third kappa shape index (κ3) is 3.83. The molecule has 0 amide bonds. The van der Waals surface area contributed by atoms with Crippen LogP contribution in [0.3, 0.4) is 0 Å². The van der Waals surface area contributed by atoms with E-state index in [1.165, 1.54) is 10.6 Å². The van der Waals surface area contributed by atoms with E-state index in [0.29, 0.717) is 16.4 Å². The predicted octanol–water partition coefficient (Wildman–Crippen LogP) is 4.45. The van der Waals surface area contributed by atoms with Gasteiger partial charge in [-0.2, -0.15) is 4.31 Å². The summed E-state index contributed by atoms with van der Waals surface area (Å²) in [5.74, 6) is 0.595. The Morgan fingerprint density at radius 1 is 1.06 bits per heavy atom. The summed E-state index contributed by atoms with van der Waals surface area (Å²) in [4.78, 5) is 13.5. The maximum Gasteiger partial charge on any atom is 0.243 e. The lowest BCUT2D eigenvalue weighted by molar-refractivity contribution is 0.435. The minimum atomic E-state index is -3.68. The van der Waals surface area contributed by atoms with Gasteiger partial charge in [-0.05, 0) is 18.2 Å². The van der Waals surface area contributed by atoms with Crippen molar-refractivity contribution < 1.29 is 8.42 Å². The molecule has 0 saturated carbocycles. The quantitative estimate of drug-likeness (QED) is 0.638. The van der Waals surface area contributed by atoms with Crippen molar-refractivity contribution in [2.24, 2.45) is 5.41 Å². The topological polar surface area (TPSA) is 88.1 Å². The average Bonchev–Trinajstić information content (AvgIpc) is 3.13. The lowest BCUT2D eigenvalue weighted by Crippen LogP contribution is -2.27. The summed E-state index contributed by atoms with van der Waals surface area (Å²) in [6.07, 6.45) is 12.3. The molecule has 2 aromatic heterocycles. The zero-order valence-corrected chi connectivity index (χ0v) is 18.7. The van der Waals surface area contributed by atoms with Crippen molar-refractivity contribution >= 4 is 32.4 Å². The fourth-order valence-corrected chi connectivity index (χ4v) is 5.52. The van der Waals surface area contributed by atoms with Gasteiger partial charge in [0.2, 0.25) is 10.0 Å². The Morgan fingerprint density at radius 2 is 1.91 bits per heavy atom. The summed E-state index contributed by atoms with van der Waals surface area (Å²) in [5.41, 5.74) is 2.82. The number of para-hydroxylation sites is 1. The molecular formula is C24H23N5O2S. The first-order chi connectivity index (χ1) is 15.3. The number of allylic oxidation sites excluding steroid dienone is 5. The Bertz CT molecular complexity index is 1410. The van der Waals surface area contributed by atoms with Crippen LogP contribution in [0, 0.1) is 5.41 Å². The van der Waals surface area contributed by atoms with Crippen LogP contribution in [0.25, 0.3) is 10.9 Å². The summed E-state index contributed by atoms with van der Waals surface area (Å²) in [6.45, 7) is 4.39. The summed E-state index contributed by atoms with van der Waals surface area (Å²) in [7, 11) is -3.68. The summed E-state index contributed by atoms with van der Waals surface area (Å²) in [6, 6.07) is 9.86. The highest BCUT2D eigenvalue weighted by Crippen LogP contribution is 2.34. The third-order valence-corrected chi connectivity index (χ3v) is 7.39.